The Kier molecular flexibility index (Phi) is 5.13. The maximum atomic E-state index is 13.5. The van der Waals surface area contributed by atoms with Gasteiger partial charge in [0, 0.05) is 30.7 Å². The molecular weight excluding hydrogens is 406 g/mol. The van der Waals surface area contributed by atoms with Gasteiger partial charge in [-0.2, -0.15) is 4.52 Å². The van der Waals surface area contributed by atoms with Gasteiger partial charge in [0.05, 0.1) is 26.8 Å². The predicted molar refractivity (Wildman–Crippen MR) is 103 cm³/mol. The van der Waals surface area contributed by atoms with Gasteiger partial charge < -0.3 is 20.1 Å². The van der Waals surface area contributed by atoms with E-state index in [0.717, 1.165) is 5.56 Å². The van der Waals surface area contributed by atoms with Crippen molar-refractivity contribution in [2.75, 3.05) is 26.1 Å². The number of alkyl halides is 2. The summed E-state index contributed by atoms with van der Waals surface area (Å²) in [6, 6.07) is 6.36. The van der Waals surface area contributed by atoms with Crippen molar-refractivity contribution >= 4 is 23.2 Å². The van der Waals surface area contributed by atoms with Gasteiger partial charge in [0.25, 0.3) is 5.92 Å². The van der Waals surface area contributed by atoms with E-state index in [1.807, 2.05) is 12.1 Å². The van der Waals surface area contributed by atoms with E-state index in [9.17, 15) is 8.78 Å². The van der Waals surface area contributed by atoms with Gasteiger partial charge in [-0.05, 0) is 12.1 Å². The number of ether oxygens (including phenoxy) is 2. The summed E-state index contributed by atoms with van der Waals surface area (Å²) in [5.41, 5.74) is 1.28. The molecule has 0 saturated carbocycles. The molecule has 11 heteroatoms. The van der Waals surface area contributed by atoms with Crippen LogP contribution < -0.4 is 20.1 Å². The molecule has 0 aliphatic carbocycles. The fourth-order valence-electron chi connectivity index (χ4n) is 3.21. The van der Waals surface area contributed by atoms with Crippen LogP contribution in [-0.2, 0) is 6.54 Å². The molecule has 0 bridgehead atoms. The predicted octanol–water partition coefficient (Wildman–Crippen LogP) is 3.08. The molecule has 1 aliphatic heterocycles. The van der Waals surface area contributed by atoms with E-state index in [1.165, 1.54) is 10.6 Å². The van der Waals surface area contributed by atoms with E-state index in [2.05, 4.69) is 25.7 Å². The lowest BCUT2D eigenvalue weighted by Crippen LogP contribution is -2.19. The lowest BCUT2D eigenvalue weighted by molar-refractivity contribution is 0.0208. The monoisotopic (exact) mass is 424 g/mol. The van der Waals surface area contributed by atoms with Crippen LogP contribution in [0.1, 0.15) is 23.9 Å². The zero-order chi connectivity index (χ0) is 20.6. The molecule has 8 nitrogen and oxygen atoms in total. The molecule has 2 aromatic heterocycles. The SMILES string of the molecule is COc1ccc(CNc2nc(Cl)cc3nc([C@@H]4CC(F)(F)CN4)nn23)c(OC)c1. The number of hydrogen-bond donors (Lipinski definition) is 2. The molecule has 1 aromatic carbocycles. The third-order valence-electron chi connectivity index (χ3n) is 4.66. The van der Waals surface area contributed by atoms with Crippen molar-refractivity contribution in [1.82, 2.24) is 24.9 Å². The second kappa shape index (κ2) is 7.60. The Balaban J connectivity index is 1.61. The summed E-state index contributed by atoms with van der Waals surface area (Å²) in [6.07, 6.45) is -0.350. The van der Waals surface area contributed by atoms with Crippen LogP contribution >= 0.6 is 11.6 Å². The van der Waals surface area contributed by atoms with Gasteiger partial charge in [0.1, 0.15) is 16.7 Å². The maximum absolute atomic E-state index is 13.5. The second-order valence-corrected chi connectivity index (χ2v) is 7.05. The Morgan fingerprint density at radius 2 is 2.10 bits per heavy atom. The van der Waals surface area contributed by atoms with Crippen LogP contribution in [0.25, 0.3) is 5.65 Å². The highest BCUT2D eigenvalue weighted by molar-refractivity contribution is 6.29. The Labute approximate surface area is 170 Å². The van der Waals surface area contributed by atoms with Gasteiger partial charge in [-0.3, -0.25) is 0 Å². The first kappa shape index (κ1) is 19.6. The topological polar surface area (TPSA) is 85.6 Å². The summed E-state index contributed by atoms with van der Waals surface area (Å²) >= 11 is 6.11. The van der Waals surface area contributed by atoms with Gasteiger partial charge in [0.2, 0.25) is 5.95 Å². The number of fused-ring (bicyclic) bond motifs is 1. The molecule has 4 rings (SSSR count). The van der Waals surface area contributed by atoms with Crippen molar-refractivity contribution in [2.45, 2.75) is 24.9 Å². The molecule has 0 unspecified atom stereocenters. The molecule has 1 aliphatic rings. The summed E-state index contributed by atoms with van der Waals surface area (Å²) < 4.78 is 39.1. The minimum Gasteiger partial charge on any atom is -0.497 e. The standard InChI is InChI=1S/C18H19ClF2N6O2/c1-28-11-4-3-10(13(5-11)29-2)8-22-17-24-14(19)6-15-25-16(26-27(15)17)12-7-18(20,21)9-23-12/h3-6,12,23H,7-9H2,1-2H3,(H,22,24)/t12-/m0/s1. The highest BCUT2D eigenvalue weighted by Crippen LogP contribution is 2.33. The van der Waals surface area contributed by atoms with Crippen molar-refractivity contribution in [3.8, 4) is 11.5 Å². The van der Waals surface area contributed by atoms with Crippen LogP contribution in [0.5, 0.6) is 11.5 Å². The number of nitrogens with zero attached hydrogens (tertiary/aromatic N) is 4. The van der Waals surface area contributed by atoms with Crippen LogP contribution in [-0.4, -0.2) is 46.3 Å². The lowest BCUT2D eigenvalue weighted by Gasteiger charge is -2.12. The molecule has 1 atom stereocenters. The first-order valence-electron chi connectivity index (χ1n) is 8.88. The average Bonchev–Trinajstić information content (AvgIpc) is 3.28. The lowest BCUT2D eigenvalue weighted by atomic mass is 10.2. The number of methoxy groups -OCH3 is 2. The fraction of sp³-hybridized carbons (Fsp3) is 0.389. The molecular formula is C18H19ClF2N6O2. The summed E-state index contributed by atoms with van der Waals surface area (Å²) in [7, 11) is 3.15. The Hall–Kier alpha value is -2.72. The number of aromatic nitrogens is 4. The quantitative estimate of drug-likeness (QED) is 0.588. The van der Waals surface area contributed by atoms with E-state index in [4.69, 9.17) is 21.1 Å². The van der Waals surface area contributed by atoms with E-state index in [0.29, 0.717) is 29.6 Å². The average molecular weight is 425 g/mol. The van der Waals surface area contributed by atoms with E-state index >= 15 is 0 Å². The van der Waals surface area contributed by atoms with Crippen LogP contribution in [0.15, 0.2) is 24.3 Å². The summed E-state index contributed by atoms with van der Waals surface area (Å²) in [6.45, 7) is -0.0286. The van der Waals surface area contributed by atoms with Gasteiger partial charge in [-0.15, -0.1) is 5.10 Å². The molecule has 154 valence electrons. The number of rotatable bonds is 6. The summed E-state index contributed by atoms with van der Waals surface area (Å²) in [5, 5.41) is 10.5. The maximum Gasteiger partial charge on any atom is 0.262 e. The minimum atomic E-state index is -2.77. The highest BCUT2D eigenvalue weighted by atomic mass is 35.5. The zero-order valence-electron chi connectivity index (χ0n) is 15.7. The summed E-state index contributed by atoms with van der Waals surface area (Å²) in [4.78, 5) is 8.60. The van der Waals surface area contributed by atoms with Crippen molar-refractivity contribution in [3.05, 3.63) is 40.8 Å². The first-order valence-corrected chi connectivity index (χ1v) is 9.25. The smallest absolute Gasteiger partial charge is 0.262 e. The van der Waals surface area contributed by atoms with E-state index in [1.54, 1.807) is 20.3 Å². The fourth-order valence-corrected chi connectivity index (χ4v) is 3.39. The zero-order valence-corrected chi connectivity index (χ0v) is 16.5. The Morgan fingerprint density at radius 1 is 1.28 bits per heavy atom. The van der Waals surface area contributed by atoms with Crippen molar-refractivity contribution in [3.63, 3.8) is 0 Å². The van der Waals surface area contributed by atoms with Crippen LogP contribution in [0.4, 0.5) is 14.7 Å². The largest absolute Gasteiger partial charge is 0.497 e. The van der Waals surface area contributed by atoms with Gasteiger partial charge in [-0.1, -0.05) is 11.6 Å². The van der Waals surface area contributed by atoms with Crippen LogP contribution in [0, 0.1) is 0 Å². The number of halogens is 3. The first-order chi connectivity index (χ1) is 13.9. The van der Waals surface area contributed by atoms with Crippen LogP contribution in [0.2, 0.25) is 5.15 Å². The minimum absolute atomic E-state index is 0.213. The summed E-state index contributed by atoms with van der Waals surface area (Å²) in [5.74, 6) is -0.836. The molecule has 0 radical (unpaired) electrons. The normalized spacial score (nSPS) is 18.2. The molecule has 1 fully saturated rings. The third-order valence-corrected chi connectivity index (χ3v) is 4.86. The molecule has 0 spiro atoms. The molecule has 29 heavy (non-hydrogen) atoms. The third kappa shape index (κ3) is 4.03. The van der Waals surface area contributed by atoms with Crippen molar-refractivity contribution < 1.29 is 18.3 Å². The number of benzene rings is 1. The van der Waals surface area contributed by atoms with Crippen molar-refractivity contribution in [1.29, 1.82) is 0 Å². The Morgan fingerprint density at radius 3 is 2.79 bits per heavy atom. The molecule has 0 amide bonds. The molecule has 3 aromatic rings. The Bertz CT molecular complexity index is 1040. The number of nitrogens with one attached hydrogen (secondary N) is 2. The number of hydrogen-bond acceptors (Lipinski definition) is 7. The number of anilines is 1. The van der Waals surface area contributed by atoms with Gasteiger partial charge >= 0.3 is 0 Å². The van der Waals surface area contributed by atoms with Gasteiger partial charge in [-0.25, -0.2) is 18.7 Å². The van der Waals surface area contributed by atoms with Crippen molar-refractivity contribution in [2.24, 2.45) is 0 Å². The highest BCUT2D eigenvalue weighted by Gasteiger charge is 2.41. The molecule has 3 heterocycles. The van der Waals surface area contributed by atoms with E-state index in [-0.39, 0.29) is 17.4 Å². The second-order valence-electron chi connectivity index (χ2n) is 6.67. The molecule has 1 saturated heterocycles. The van der Waals surface area contributed by atoms with Gasteiger partial charge in [0.15, 0.2) is 11.5 Å². The van der Waals surface area contributed by atoms with E-state index < -0.39 is 18.5 Å². The van der Waals surface area contributed by atoms with Crippen LogP contribution in [0.3, 0.4) is 0 Å². The molecule has 2 N–H and O–H groups in total.